The van der Waals surface area contributed by atoms with Crippen LogP contribution in [0.1, 0.15) is 5.56 Å². The van der Waals surface area contributed by atoms with Crippen molar-refractivity contribution in [2.24, 2.45) is 0 Å². The van der Waals surface area contributed by atoms with Crippen LogP contribution in [-0.4, -0.2) is 4.57 Å². The molecule has 0 saturated carbocycles. The van der Waals surface area contributed by atoms with E-state index in [4.69, 9.17) is 4.42 Å². The number of rotatable bonds is 7. The van der Waals surface area contributed by atoms with E-state index in [-0.39, 0.29) is 0 Å². The van der Waals surface area contributed by atoms with Gasteiger partial charge in [0.25, 0.3) is 0 Å². The van der Waals surface area contributed by atoms with Crippen molar-refractivity contribution in [1.82, 2.24) is 4.57 Å². The Morgan fingerprint density at radius 3 is 1.88 bits per heavy atom. The molecule has 0 unspecified atom stereocenters. The van der Waals surface area contributed by atoms with Crippen molar-refractivity contribution in [3.05, 3.63) is 218 Å². The molecule has 0 amide bonds. The summed E-state index contributed by atoms with van der Waals surface area (Å²) in [5, 5.41) is 4.71. The third-order valence-corrected chi connectivity index (χ3v) is 11.4. The molecule has 11 aromatic rings. The highest BCUT2D eigenvalue weighted by Crippen LogP contribution is 2.43. The molecule has 0 aliphatic rings. The van der Waals surface area contributed by atoms with Crippen LogP contribution in [0, 0.1) is 6.92 Å². The number of nitrogens with zero attached hydrogens (tertiary/aromatic N) is 2. The minimum absolute atomic E-state index is 0.892. The van der Waals surface area contributed by atoms with E-state index in [1.54, 1.807) is 0 Å². The molecule has 0 atom stereocenters. The van der Waals surface area contributed by atoms with Crippen LogP contribution in [0.15, 0.2) is 217 Å². The van der Waals surface area contributed by atoms with Crippen LogP contribution in [0.5, 0.6) is 0 Å². The predicted molar refractivity (Wildman–Crippen MR) is 244 cm³/mol. The van der Waals surface area contributed by atoms with Gasteiger partial charge in [0.15, 0.2) is 0 Å². The summed E-state index contributed by atoms with van der Waals surface area (Å²) in [7, 11) is 0. The lowest BCUT2D eigenvalue weighted by Gasteiger charge is -2.28. The molecule has 0 aliphatic heterocycles. The van der Waals surface area contributed by atoms with Gasteiger partial charge < -0.3 is 13.9 Å². The van der Waals surface area contributed by atoms with Crippen molar-refractivity contribution in [3.8, 4) is 39.1 Å². The number of hydrogen-bond acceptors (Lipinski definition) is 2. The number of benzene rings is 9. The molecule has 0 aliphatic carbocycles. The Morgan fingerprint density at radius 2 is 1.02 bits per heavy atom. The van der Waals surface area contributed by atoms with Crippen LogP contribution in [0.25, 0.3) is 82.8 Å². The predicted octanol–water partition coefficient (Wildman–Crippen LogP) is 15.5. The van der Waals surface area contributed by atoms with E-state index in [0.717, 1.165) is 61.3 Å². The lowest BCUT2D eigenvalue weighted by atomic mass is 9.96. The molecule has 0 fully saturated rings. The topological polar surface area (TPSA) is 21.3 Å². The first-order valence-electron chi connectivity index (χ1n) is 19.8. The second-order valence-electron chi connectivity index (χ2n) is 15.0. The lowest BCUT2D eigenvalue weighted by molar-refractivity contribution is 0.668. The van der Waals surface area contributed by atoms with Crippen LogP contribution in [0.4, 0.5) is 17.1 Å². The fourth-order valence-corrected chi connectivity index (χ4v) is 8.70. The molecule has 11 rings (SSSR count). The van der Waals surface area contributed by atoms with Gasteiger partial charge in [-0.25, -0.2) is 0 Å². The van der Waals surface area contributed by atoms with Gasteiger partial charge in [-0.2, -0.15) is 0 Å². The molecule has 0 spiro atoms. The lowest BCUT2D eigenvalue weighted by Crippen LogP contribution is -2.11. The van der Waals surface area contributed by atoms with E-state index >= 15 is 0 Å². The Kier molecular flexibility index (Phi) is 8.04. The summed E-state index contributed by atoms with van der Waals surface area (Å²) >= 11 is 0. The third kappa shape index (κ3) is 5.75. The average molecular weight is 743 g/mol. The van der Waals surface area contributed by atoms with E-state index in [2.05, 4.69) is 217 Å². The van der Waals surface area contributed by atoms with Gasteiger partial charge in [0.2, 0.25) is 0 Å². The van der Waals surface area contributed by atoms with Gasteiger partial charge in [0, 0.05) is 50.2 Å². The van der Waals surface area contributed by atoms with Crippen molar-refractivity contribution in [1.29, 1.82) is 0 Å². The van der Waals surface area contributed by atoms with E-state index in [9.17, 15) is 0 Å². The Hall–Kier alpha value is -7.62. The second-order valence-corrected chi connectivity index (χ2v) is 15.0. The van der Waals surface area contributed by atoms with Gasteiger partial charge in [0.1, 0.15) is 11.2 Å². The van der Waals surface area contributed by atoms with Gasteiger partial charge in [0.05, 0.1) is 16.7 Å². The largest absolute Gasteiger partial charge is 0.456 e. The first-order chi connectivity index (χ1) is 28.7. The number of fused-ring (bicyclic) bond motifs is 6. The zero-order valence-electron chi connectivity index (χ0n) is 32.0. The smallest absolute Gasteiger partial charge is 0.137 e. The van der Waals surface area contributed by atoms with Gasteiger partial charge >= 0.3 is 0 Å². The number of aryl methyl sites for hydroxylation is 1. The van der Waals surface area contributed by atoms with Crippen molar-refractivity contribution in [2.45, 2.75) is 6.92 Å². The van der Waals surface area contributed by atoms with Crippen LogP contribution in [-0.2, 0) is 0 Å². The van der Waals surface area contributed by atoms with Gasteiger partial charge in [-0.1, -0.05) is 139 Å². The van der Waals surface area contributed by atoms with E-state index in [1.807, 2.05) is 12.1 Å². The fraction of sp³-hybridized carbons (Fsp3) is 0.0182. The van der Waals surface area contributed by atoms with Gasteiger partial charge in [-0.15, -0.1) is 0 Å². The minimum atomic E-state index is 0.892. The third-order valence-electron chi connectivity index (χ3n) is 11.4. The monoisotopic (exact) mass is 742 g/mol. The highest BCUT2D eigenvalue weighted by atomic mass is 16.3. The molecule has 2 heterocycles. The number of furan rings is 1. The summed E-state index contributed by atoms with van der Waals surface area (Å²) in [4.78, 5) is 2.37. The van der Waals surface area contributed by atoms with Crippen LogP contribution in [0.2, 0.25) is 0 Å². The Balaban J connectivity index is 1.00. The number of anilines is 3. The zero-order valence-corrected chi connectivity index (χ0v) is 32.0. The minimum Gasteiger partial charge on any atom is -0.456 e. The van der Waals surface area contributed by atoms with E-state index in [1.165, 1.54) is 44.1 Å². The number of hydrogen-bond donors (Lipinski definition) is 0. The molecule has 2 aromatic heterocycles. The summed E-state index contributed by atoms with van der Waals surface area (Å²) < 4.78 is 8.68. The maximum atomic E-state index is 6.32. The summed E-state index contributed by atoms with van der Waals surface area (Å²) in [5.74, 6) is 0. The molecule has 0 N–H and O–H groups in total. The number of para-hydroxylation sites is 4. The summed E-state index contributed by atoms with van der Waals surface area (Å²) in [6, 6.07) is 76.4. The number of aromatic nitrogens is 1. The van der Waals surface area contributed by atoms with Gasteiger partial charge in [-0.05, 0) is 108 Å². The maximum Gasteiger partial charge on any atom is 0.137 e. The van der Waals surface area contributed by atoms with Crippen molar-refractivity contribution in [3.63, 3.8) is 0 Å². The molecule has 0 radical (unpaired) electrons. The Morgan fingerprint density at radius 1 is 0.379 bits per heavy atom. The van der Waals surface area contributed by atoms with Crippen LogP contribution >= 0.6 is 0 Å². The first-order valence-corrected chi connectivity index (χ1v) is 19.8. The molecule has 9 aromatic carbocycles. The molecule has 0 saturated heterocycles. The van der Waals surface area contributed by atoms with Crippen LogP contribution < -0.4 is 4.90 Å². The fourth-order valence-electron chi connectivity index (χ4n) is 8.70. The Labute approximate surface area is 337 Å². The summed E-state index contributed by atoms with van der Waals surface area (Å²) in [5.41, 5.74) is 16.9. The molecule has 3 nitrogen and oxygen atoms in total. The normalized spacial score (nSPS) is 11.5. The average Bonchev–Trinajstić information content (AvgIpc) is 3.82. The quantitative estimate of drug-likeness (QED) is 0.162. The molecule has 0 bridgehead atoms. The highest BCUT2D eigenvalue weighted by molar-refractivity contribution is 6.11. The zero-order chi connectivity index (χ0) is 38.6. The van der Waals surface area contributed by atoms with E-state index < -0.39 is 0 Å². The molecular weight excluding hydrogens is 705 g/mol. The second kappa shape index (κ2) is 13.8. The van der Waals surface area contributed by atoms with Crippen molar-refractivity contribution in [2.75, 3.05) is 4.90 Å². The standard InChI is InChI=1S/C55H38N2O/c1-37-13-11-14-39(33-37)38-25-28-44(29-26-38)56(43-17-3-2-4-18-43)51-22-8-5-19-46(51)42-16-12-15-40(34-42)41-27-32-53-50(35-41)47-20-6-9-23-52(47)57(53)45-30-31-49-48-21-7-10-24-54(48)58-55(49)36-45/h2-36H,1H3. The Bertz CT molecular complexity index is 3300. The molecular formula is C55H38N2O. The van der Waals surface area contributed by atoms with Crippen molar-refractivity contribution < 1.29 is 4.42 Å². The molecule has 3 heteroatoms. The maximum absolute atomic E-state index is 6.32. The SMILES string of the molecule is Cc1cccc(-c2ccc(N(c3ccccc3)c3ccccc3-c3cccc(-c4ccc5c(c4)c4ccccc4n5-c4ccc5c(c4)oc4ccccc45)c3)cc2)c1. The van der Waals surface area contributed by atoms with Crippen LogP contribution in [0.3, 0.4) is 0 Å². The summed E-state index contributed by atoms with van der Waals surface area (Å²) in [6.45, 7) is 2.14. The van der Waals surface area contributed by atoms with Crippen molar-refractivity contribution >= 4 is 60.8 Å². The molecule has 58 heavy (non-hydrogen) atoms. The summed E-state index contributed by atoms with van der Waals surface area (Å²) in [6.07, 6.45) is 0. The van der Waals surface area contributed by atoms with Gasteiger partial charge in [-0.3, -0.25) is 0 Å². The first kappa shape index (κ1) is 33.7. The molecule has 274 valence electrons. The van der Waals surface area contributed by atoms with E-state index in [0.29, 0.717) is 0 Å². The highest BCUT2D eigenvalue weighted by Gasteiger charge is 2.19.